The second-order valence-electron chi connectivity index (χ2n) is 5.37. The highest BCUT2D eigenvalue weighted by molar-refractivity contribution is 7.92. The zero-order valence-corrected chi connectivity index (χ0v) is 13.1. The number of rotatable bonds is 4. The second-order valence-corrected chi connectivity index (χ2v) is 7.11. The number of hydrogen-bond acceptors (Lipinski definition) is 3. The summed E-state index contributed by atoms with van der Waals surface area (Å²) in [6.07, 6.45) is 3.21. The van der Waals surface area contributed by atoms with Crippen molar-refractivity contribution >= 4 is 21.7 Å². The van der Waals surface area contributed by atoms with E-state index in [0.29, 0.717) is 5.69 Å². The first-order valence-corrected chi connectivity index (χ1v) is 8.87. The summed E-state index contributed by atoms with van der Waals surface area (Å²) < 4.78 is 24.9. The van der Waals surface area contributed by atoms with Crippen molar-refractivity contribution in [1.29, 1.82) is 0 Å². The molecule has 21 heavy (non-hydrogen) atoms. The highest BCUT2D eigenvalue weighted by atomic mass is 32.2. The molecule has 1 heterocycles. The van der Waals surface area contributed by atoms with Gasteiger partial charge in [0.05, 0.1) is 12.3 Å². The van der Waals surface area contributed by atoms with E-state index in [1.54, 1.807) is 23.1 Å². The minimum atomic E-state index is -3.30. The molecule has 7 heteroatoms. The SMILES string of the molecule is C[C@H](NC(=O)N1CCCC1)c1cccc(NS(C)(=O)=O)c1. The van der Waals surface area contributed by atoms with Gasteiger partial charge in [-0.3, -0.25) is 4.72 Å². The standard InChI is InChI=1S/C14H21N3O3S/c1-11(15-14(18)17-8-3-4-9-17)12-6-5-7-13(10-12)16-21(2,19)20/h5-7,10-11,16H,3-4,8-9H2,1-2H3,(H,15,18)/t11-/m0/s1. The van der Waals surface area contributed by atoms with E-state index in [1.807, 2.05) is 13.0 Å². The molecule has 0 bridgehead atoms. The van der Waals surface area contributed by atoms with E-state index in [9.17, 15) is 13.2 Å². The summed E-state index contributed by atoms with van der Waals surface area (Å²) in [6.45, 7) is 3.48. The summed E-state index contributed by atoms with van der Waals surface area (Å²) in [4.78, 5) is 13.8. The summed E-state index contributed by atoms with van der Waals surface area (Å²) in [5.41, 5.74) is 1.36. The van der Waals surface area contributed by atoms with Gasteiger partial charge in [-0.05, 0) is 37.5 Å². The third kappa shape index (κ3) is 4.63. The van der Waals surface area contributed by atoms with Gasteiger partial charge in [0.2, 0.25) is 10.0 Å². The Labute approximate surface area is 125 Å². The second kappa shape index (κ2) is 6.34. The van der Waals surface area contributed by atoms with Crippen LogP contribution >= 0.6 is 0 Å². The van der Waals surface area contributed by atoms with E-state index in [4.69, 9.17) is 0 Å². The molecule has 1 fully saturated rings. The molecule has 0 spiro atoms. The number of likely N-dealkylation sites (tertiary alicyclic amines) is 1. The number of carbonyl (C=O) groups is 1. The highest BCUT2D eigenvalue weighted by Crippen LogP contribution is 2.19. The molecular formula is C14H21N3O3S. The van der Waals surface area contributed by atoms with Gasteiger partial charge in [-0.2, -0.15) is 0 Å². The molecule has 2 amide bonds. The lowest BCUT2D eigenvalue weighted by Gasteiger charge is -2.21. The number of anilines is 1. The Morgan fingerprint density at radius 3 is 2.57 bits per heavy atom. The number of amides is 2. The first-order valence-electron chi connectivity index (χ1n) is 6.98. The van der Waals surface area contributed by atoms with Gasteiger partial charge in [0.25, 0.3) is 0 Å². The van der Waals surface area contributed by atoms with Crippen LogP contribution in [-0.4, -0.2) is 38.7 Å². The van der Waals surface area contributed by atoms with Crippen LogP contribution in [0.2, 0.25) is 0 Å². The molecule has 0 saturated carbocycles. The van der Waals surface area contributed by atoms with Crippen molar-refractivity contribution in [3.63, 3.8) is 0 Å². The van der Waals surface area contributed by atoms with Crippen LogP contribution < -0.4 is 10.0 Å². The Morgan fingerprint density at radius 2 is 1.95 bits per heavy atom. The molecule has 6 nitrogen and oxygen atoms in total. The van der Waals surface area contributed by atoms with Crippen LogP contribution in [0.4, 0.5) is 10.5 Å². The molecule has 0 radical (unpaired) electrons. The quantitative estimate of drug-likeness (QED) is 0.891. The zero-order chi connectivity index (χ0) is 15.5. The highest BCUT2D eigenvalue weighted by Gasteiger charge is 2.19. The number of urea groups is 1. The van der Waals surface area contributed by atoms with Crippen molar-refractivity contribution in [3.8, 4) is 0 Å². The topological polar surface area (TPSA) is 78.5 Å². The van der Waals surface area contributed by atoms with E-state index in [1.165, 1.54) is 0 Å². The van der Waals surface area contributed by atoms with E-state index in [0.717, 1.165) is 37.8 Å². The molecule has 0 aromatic heterocycles. The van der Waals surface area contributed by atoms with Gasteiger partial charge >= 0.3 is 6.03 Å². The van der Waals surface area contributed by atoms with E-state index >= 15 is 0 Å². The number of benzene rings is 1. The number of sulfonamides is 1. The summed E-state index contributed by atoms with van der Waals surface area (Å²) in [7, 11) is -3.30. The molecule has 2 rings (SSSR count). The Balaban J connectivity index is 2.03. The van der Waals surface area contributed by atoms with E-state index < -0.39 is 10.0 Å². The largest absolute Gasteiger partial charge is 0.331 e. The van der Waals surface area contributed by atoms with Crippen LogP contribution in [0, 0.1) is 0 Å². The van der Waals surface area contributed by atoms with Gasteiger partial charge in [-0.1, -0.05) is 12.1 Å². The van der Waals surface area contributed by atoms with Crippen molar-refractivity contribution in [2.45, 2.75) is 25.8 Å². The normalized spacial score (nSPS) is 16.6. The molecule has 1 aromatic rings. The maximum Gasteiger partial charge on any atom is 0.317 e. The van der Waals surface area contributed by atoms with Gasteiger partial charge in [0.15, 0.2) is 0 Å². The minimum absolute atomic E-state index is 0.0681. The monoisotopic (exact) mass is 311 g/mol. The smallest absolute Gasteiger partial charge is 0.317 e. The van der Waals surface area contributed by atoms with Crippen molar-refractivity contribution in [1.82, 2.24) is 10.2 Å². The Kier molecular flexibility index (Phi) is 4.72. The molecule has 1 aliphatic heterocycles. The van der Waals surface area contributed by atoms with Gasteiger partial charge in [0, 0.05) is 18.8 Å². The Hall–Kier alpha value is -1.76. The fraction of sp³-hybridized carbons (Fsp3) is 0.500. The lowest BCUT2D eigenvalue weighted by molar-refractivity contribution is 0.205. The fourth-order valence-corrected chi connectivity index (χ4v) is 2.92. The van der Waals surface area contributed by atoms with Crippen LogP contribution in [0.3, 0.4) is 0 Å². The van der Waals surface area contributed by atoms with Crippen LogP contribution in [0.5, 0.6) is 0 Å². The van der Waals surface area contributed by atoms with Crippen molar-refractivity contribution in [2.24, 2.45) is 0 Å². The van der Waals surface area contributed by atoms with Gasteiger partial charge in [-0.25, -0.2) is 13.2 Å². The van der Waals surface area contributed by atoms with E-state index in [-0.39, 0.29) is 12.1 Å². The van der Waals surface area contributed by atoms with Crippen molar-refractivity contribution in [2.75, 3.05) is 24.1 Å². The van der Waals surface area contributed by atoms with Crippen molar-refractivity contribution in [3.05, 3.63) is 29.8 Å². The summed E-state index contributed by atoms with van der Waals surface area (Å²) in [5.74, 6) is 0. The molecule has 0 aliphatic carbocycles. The van der Waals surface area contributed by atoms with Crippen molar-refractivity contribution < 1.29 is 13.2 Å². The first-order chi connectivity index (χ1) is 9.85. The molecule has 1 saturated heterocycles. The summed E-state index contributed by atoms with van der Waals surface area (Å²) in [5, 5.41) is 2.94. The third-order valence-electron chi connectivity index (χ3n) is 3.42. The van der Waals surface area contributed by atoms with Gasteiger partial charge in [-0.15, -0.1) is 0 Å². The van der Waals surface area contributed by atoms with E-state index in [2.05, 4.69) is 10.0 Å². The Bertz CT molecular complexity index is 610. The molecule has 1 aliphatic rings. The molecule has 1 atom stereocenters. The molecule has 116 valence electrons. The average molecular weight is 311 g/mol. The summed E-state index contributed by atoms with van der Waals surface area (Å²) in [6, 6.07) is 6.79. The third-order valence-corrected chi connectivity index (χ3v) is 4.03. The van der Waals surface area contributed by atoms with Crippen LogP contribution in [0.25, 0.3) is 0 Å². The fourth-order valence-electron chi connectivity index (χ4n) is 2.37. The molecular weight excluding hydrogens is 290 g/mol. The average Bonchev–Trinajstić information content (AvgIpc) is 2.90. The number of nitrogens with zero attached hydrogens (tertiary/aromatic N) is 1. The van der Waals surface area contributed by atoms with Gasteiger partial charge < -0.3 is 10.2 Å². The van der Waals surface area contributed by atoms with Gasteiger partial charge in [0.1, 0.15) is 0 Å². The number of carbonyl (C=O) groups excluding carboxylic acids is 1. The number of nitrogens with one attached hydrogen (secondary N) is 2. The van der Waals surface area contributed by atoms with Crippen LogP contribution in [-0.2, 0) is 10.0 Å². The summed E-state index contributed by atoms with van der Waals surface area (Å²) >= 11 is 0. The molecule has 0 unspecified atom stereocenters. The maximum absolute atomic E-state index is 12.0. The molecule has 2 N–H and O–H groups in total. The first kappa shape index (κ1) is 15.6. The van der Waals surface area contributed by atoms with Crippen LogP contribution in [0.15, 0.2) is 24.3 Å². The lowest BCUT2D eigenvalue weighted by atomic mass is 10.1. The molecule has 1 aromatic carbocycles. The Morgan fingerprint density at radius 1 is 1.29 bits per heavy atom. The lowest BCUT2D eigenvalue weighted by Crippen LogP contribution is -2.39. The maximum atomic E-state index is 12.0. The minimum Gasteiger partial charge on any atom is -0.331 e. The predicted octanol–water partition coefficient (Wildman–Crippen LogP) is 1.92. The van der Waals surface area contributed by atoms with Crippen LogP contribution in [0.1, 0.15) is 31.4 Å². The zero-order valence-electron chi connectivity index (χ0n) is 12.3. The predicted molar refractivity (Wildman–Crippen MR) is 82.7 cm³/mol. The number of hydrogen-bond donors (Lipinski definition) is 2.